The minimum atomic E-state index is -2.85. The van der Waals surface area contributed by atoms with E-state index in [1.165, 1.54) is 6.07 Å². The second-order valence-corrected chi connectivity index (χ2v) is 5.65. The number of halogens is 2. The van der Waals surface area contributed by atoms with Crippen molar-refractivity contribution < 1.29 is 27.8 Å². The number of methoxy groups -OCH3 is 1. The van der Waals surface area contributed by atoms with E-state index in [-0.39, 0.29) is 11.1 Å². The second kappa shape index (κ2) is 6.83. The van der Waals surface area contributed by atoms with Gasteiger partial charge in [-0.05, 0) is 32.4 Å². The summed E-state index contributed by atoms with van der Waals surface area (Å²) in [6.45, 7) is 5.03. The Morgan fingerprint density at radius 3 is 2.27 bits per heavy atom. The molecule has 0 bridgehead atoms. The summed E-state index contributed by atoms with van der Waals surface area (Å²) in [6.07, 6.45) is -2.85. The minimum Gasteiger partial charge on any atom is -0.465 e. The number of rotatable bonds is 4. The first kappa shape index (κ1) is 18.0. The van der Waals surface area contributed by atoms with Gasteiger partial charge in [-0.2, -0.15) is 0 Å². The lowest BCUT2D eigenvalue weighted by Gasteiger charge is -2.22. The number of nitrogens with two attached hydrogens (primary N) is 1. The molecule has 1 rings (SSSR count). The molecule has 0 aliphatic carbocycles. The topological polar surface area (TPSA) is 78.6 Å². The van der Waals surface area contributed by atoms with Gasteiger partial charge in [0.2, 0.25) is 0 Å². The van der Waals surface area contributed by atoms with Gasteiger partial charge in [0.05, 0.1) is 12.7 Å². The molecule has 5 nitrogen and oxygen atoms in total. The first-order valence-electron chi connectivity index (χ1n) is 6.55. The van der Waals surface area contributed by atoms with Gasteiger partial charge in [-0.3, -0.25) is 0 Å². The fourth-order valence-electron chi connectivity index (χ4n) is 1.75. The normalized spacial score (nSPS) is 12.9. The van der Waals surface area contributed by atoms with Crippen molar-refractivity contribution in [1.82, 2.24) is 0 Å². The minimum absolute atomic E-state index is 0.194. The quantitative estimate of drug-likeness (QED) is 0.864. The van der Waals surface area contributed by atoms with E-state index in [2.05, 4.69) is 4.74 Å². The molecule has 0 saturated heterocycles. The molecule has 0 spiro atoms. The largest absolute Gasteiger partial charge is 0.465 e. The zero-order valence-electron chi connectivity index (χ0n) is 12.9. The smallest absolute Gasteiger partial charge is 0.338 e. The maximum Gasteiger partial charge on any atom is 0.338 e. The average Bonchev–Trinajstić information content (AvgIpc) is 2.42. The Morgan fingerprint density at radius 1 is 1.23 bits per heavy atom. The fraction of sp³-hybridized carbons (Fsp3) is 0.467. The monoisotopic (exact) mass is 315 g/mol. The van der Waals surface area contributed by atoms with Crippen LogP contribution in [0.15, 0.2) is 18.2 Å². The van der Waals surface area contributed by atoms with Gasteiger partial charge in [-0.15, -0.1) is 0 Å². The Labute approximate surface area is 127 Å². The van der Waals surface area contributed by atoms with Crippen LogP contribution in [-0.4, -0.2) is 24.6 Å². The van der Waals surface area contributed by atoms with Crippen LogP contribution >= 0.6 is 0 Å². The van der Waals surface area contributed by atoms with E-state index in [1.807, 2.05) is 0 Å². The molecule has 1 aromatic rings. The van der Waals surface area contributed by atoms with Crippen molar-refractivity contribution in [3.63, 3.8) is 0 Å². The summed E-state index contributed by atoms with van der Waals surface area (Å²) in [5.74, 6) is -1.64. The molecule has 0 saturated carbocycles. The summed E-state index contributed by atoms with van der Waals surface area (Å²) < 4.78 is 35.4. The number of alkyl halides is 2. The number of ether oxygens (including phenoxy) is 2. The van der Waals surface area contributed by atoms with Crippen LogP contribution < -0.4 is 5.73 Å². The Morgan fingerprint density at radius 2 is 1.82 bits per heavy atom. The highest BCUT2D eigenvalue weighted by molar-refractivity contribution is 5.92. The number of carbonyl (C=O) groups is 2. The molecule has 7 heteroatoms. The van der Waals surface area contributed by atoms with Crippen molar-refractivity contribution in [3.05, 3.63) is 34.9 Å². The number of hydrogen-bond donors (Lipinski definition) is 1. The van der Waals surface area contributed by atoms with Crippen LogP contribution in [0.2, 0.25) is 0 Å². The van der Waals surface area contributed by atoms with Crippen molar-refractivity contribution in [3.8, 4) is 0 Å². The van der Waals surface area contributed by atoms with Gasteiger partial charge < -0.3 is 15.2 Å². The average molecular weight is 315 g/mol. The molecule has 0 aliphatic rings. The molecule has 1 atom stereocenters. The summed E-state index contributed by atoms with van der Waals surface area (Å²) >= 11 is 0. The first-order valence-corrected chi connectivity index (χ1v) is 6.55. The SMILES string of the molecule is COC(=O)c1cc(C(N)C(=O)OC(C)(C)C)ccc1C(F)F. The van der Waals surface area contributed by atoms with Crippen LogP contribution in [0.3, 0.4) is 0 Å². The van der Waals surface area contributed by atoms with E-state index in [9.17, 15) is 18.4 Å². The summed E-state index contributed by atoms with van der Waals surface area (Å²) in [6, 6.07) is 2.26. The lowest BCUT2D eigenvalue weighted by atomic mass is 9.99. The summed E-state index contributed by atoms with van der Waals surface area (Å²) in [7, 11) is 1.08. The molecule has 0 radical (unpaired) electrons. The third-order valence-corrected chi connectivity index (χ3v) is 2.74. The van der Waals surface area contributed by atoms with E-state index in [0.717, 1.165) is 19.2 Å². The molecule has 22 heavy (non-hydrogen) atoms. The molecule has 122 valence electrons. The number of carbonyl (C=O) groups excluding carboxylic acids is 2. The van der Waals surface area contributed by atoms with Crippen LogP contribution in [0.25, 0.3) is 0 Å². The van der Waals surface area contributed by atoms with E-state index < -0.39 is 35.6 Å². The van der Waals surface area contributed by atoms with Crippen molar-refractivity contribution >= 4 is 11.9 Å². The van der Waals surface area contributed by atoms with Crippen LogP contribution in [-0.2, 0) is 14.3 Å². The molecule has 0 aliphatic heterocycles. The third-order valence-electron chi connectivity index (χ3n) is 2.74. The summed E-state index contributed by atoms with van der Waals surface area (Å²) in [5.41, 5.74) is 4.42. The van der Waals surface area contributed by atoms with Gasteiger partial charge >= 0.3 is 11.9 Å². The van der Waals surface area contributed by atoms with Gasteiger partial charge in [0, 0.05) is 5.56 Å². The third kappa shape index (κ3) is 4.49. The lowest BCUT2D eigenvalue weighted by Crippen LogP contribution is -2.31. The molecule has 0 fully saturated rings. The second-order valence-electron chi connectivity index (χ2n) is 5.65. The molecule has 0 aromatic heterocycles. The Bertz CT molecular complexity index is 567. The highest BCUT2D eigenvalue weighted by atomic mass is 19.3. The van der Waals surface area contributed by atoms with Gasteiger partial charge in [0.15, 0.2) is 0 Å². The standard InChI is InChI=1S/C15H19F2NO4/c1-15(2,3)22-14(20)11(18)8-5-6-9(12(16)17)10(7-8)13(19)21-4/h5-7,11-12H,18H2,1-4H3. The van der Waals surface area contributed by atoms with Crippen LogP contribution in [0.4, 0.5) is 8.78 Å². The predicted octanol–water partition coefficient (Wildman–Crippen LogP) is 2.75. The van der Waals surface area contributed by atoms with Gasteiger partial charge in [0.25, 0.3) is 6.43 Å². The molecule has 0 heterocycles. The van der Waals surface area contributed by atoms with E-state index in [1.54, 1.807) is 20.8 Å². The lowest BCUT2D eigenvalue weighted by molar-refractivity contribution is -0.156. The molecular formula is C15H19F2NO4. The zero-order chi connectivity index (χ0) is 17.1. The summed E-state index contributed by atoms with van der Waals surface area (Å²) in [4.78, 5) is 23.5. The van der Waals surface area contributed by atoms with E-state index >= 15 is 0 Å². The fourth-order valence-corrected chi connectivity index (χ4v) is 1.75. The predicted molar refractivity (Wildman–Crippen MR) is 75.5 cm³/mol. The first-order chi connectivity index (χ1) is 10.1. The van der Waals surface area contributed by atoms with Gasteiger partial charge in [0.1, 0.15) is 11.6 Å². The maximum absolute atomic E-state index is 12.9. The Kier molecular flexibility index (Phi) is 5.59. The summed E-state index contributed by atoms with van der Waals surface area (Å²) in [5, 5.41) is 0. The number of esters is 2. The van der Waals surface area contributed by atoms with Gasteiger partial charge in [-0.1, -0.05) is 12.1 Å². The molecule has 1 unspecified atom stereocenters. The van der Waals surface area contributed by atoms with Crippen LogP contribution in [0, 0.1) is 0 Å². The highest BCUT2D eigenvalue weighted by Gasteiger charge is 2.26. The zero-order valence-corrected chi connectivity index (χ0v) is 12.9. The Hall–Kier alpha value is -2.02. The Balaban J connectivity index is 3.16. The number of hydrogen-bond acceptors (Lipinski definition) is 5. The molecular weight excluding hydrogens is 296 g/mol. The van der Waals surface area contributed by atoms with Crippen molar-refractivity contribution in [2.75, 3.05) is 7.11 Å². The van der Waals surface area contributed by atoms with Gasteiger partial charge in [-0.25, -0.2) is 18.4 Å². The molecule has 2 N–H and O–H groups in total. The van der Waals surface area contributed by atoms with E-state index in [0.29, 0.717) is 0 Å². The van der Waals surface area contributed by atoms with Crippen molar-refractivity contribution in [2.45, 2.75) is 38.8 Å². The van der Waals surface area contributed by atoms with E-state index in [4.69, 9.17) is 10.5 Å². The van der Waals surface area contributed by atoms with Crippen molar-refractivity contribution in [1.29, 1.82) is 0 Å². The van der Waals surface area contributed by atoms with Crippen LogP contribution in [0.5, 0.6) is 0 Å². The maximum atomic E-state index is 12.9. The molecule has 1 aromatic carbocycles. The van der Waals surface area contributed by atoms with Crippen LogP contribution in [0.1, 0.15) is 54.7 Å². The highest BCUT2D eigenvalue weighted by Crippen LogP contribution is 2.27. The number of benzene rings is 1. The van der Waals surface area contributed by atoms with Crippen molar-refractivity contribution in [2.24, 2.45) is 5.73 Å². The molecule has 0 amide bonds.